The second-order valence-electron chi connectivity index (χ2n) is 3.84. The first-order valence-corrected chi connectivity index (χ1v) is 4.90. The van der Waals surface area contributed by atoms with Crippen LogP contribution >= 0.6 is 0 Å². The Labute approximate surface area is 77.4 Å². The van der Waals surface area contributed by atoms with Crippen LogP contribution in [0.15, 0.2) is 24.3 Å². The van der Waals surface area contributed by atoms with E-state index in [4.69, 9.17) is 0 Å². The van der Waals surface area contributed by atoms with Crippen LogP contribution in [0.4, 0.5) is 0 Å². The largest absolute Gasteiger partial charge is 0.0998 e. The van der Waals surface area contributed by atoms with Gasteiger partial charge in [-0.2, -0.15) is 0 Å². The van der Waals surface area contributed by atoms with Crippen LogP contribution in [0.1, 0.15) is 46.5 Å². The van der Waals surface area contributed by atoms with Crippen LogP contribution in [0.5, 0.6) is 0 Å². The molecule has 70 valence electrons. The molecule has 0 aliphatic heterocycles. The van der Waals surface area contributed by atoms with E-state index in [1.807, 2.05) is 0 Å². The predicted molar refractivity (Wildman–Crippen MR) is 57.3 cm³/mol. The number of unbranched alkanes of at least 4 members (excludes halogenated alkanes) is 1. The predicted octanol–water partition coefficient (Wildman–Crippen LogP) is 4.34. The summed E-state index contributed by atoms with van der Waals surface area (Å²) in [5, 5.41) is 0. The molecule has 0 spiro atoms. The molecule has 0 heterocycles. The molecular weight excluding hydrogens is 144 g/mol. The van der Waals surface area contributed by atoms with Gasteiger partial charge in [0, 0.05) is 0 Å². The van der Waals surface area contributed by atoms with Crippen molar-refractivity contribution in [2.75, 3.05) is 0 Å². The highest BCUT2D eigenvalue weighted by atomic mass is 14.1. The van der Waals surface area contributed by atoms with Gasteiger partial charge in [0.25, 0.3) is 0 Å². The summed E-state index contributed by atoms with van der Waals surface area (Å²) in [6.45, 7) is 14.5. The minimum Gasteiger partial charge on any atom is -0.0998 e. The Morgan fingerprint density at radius 3 is 2.33 bits per heavy atom. The third kappa shape index (κ3) is 5.17. The van der Waals surface area contributed by atoms with Crippen molar-refractivity contribution in [3.63, 3.8) is 0 Å². The Hall–Kier alpha value is -0.520. The van der Waals surface area contributed by atoms with Crippen LogP contribution in [0.3, 0.4) is 0 Å². The molecule has 0 aromatic carbocycles. The van der Waals surface area contributed by atoms with Crippen LogP contribution in [-0.4, -0.2) is 0 Å². The van der Waals surface area contributed by atoms with Crippen molar-refractivity contribution >= 4 is 0 Å². The van der Waals surface area contributed by atoms with Gasteiger partial charge in [0.05, 0.1) is 0 Å². The first kappa shape index (κ1) is 11.5. The highest BCUT2D eigenvalue weighted by Crippen LogP contribution is 2.21. The molecule has 0 heteroatoms. The SMILES string of the molecule is C=C(C)CC(=C)C(C)CCCC. The van der Waals surface area contributed by atoms with Gasteiger partial charge in [-0.3, -0.25) is 0 Å². The van der Waals surface area contributed by atoms with Crippen LogP contribution in [0.2, 0.25) is 0 Å². The summed E-state index contributed by atoms with van der Waals surface area (Å²) in [6, 6.07) is 0. The summed E-state index contributed by atoms with van der Waals surface area (Å²) in [6.07, 6.45) is 4.88. The Kier molecular flexibility index (Phi) is 5.79. The molecule has 12 heavy (non-hydrogen) atoms. The zero-order chi connectivity index (χ0) is 9.56. The maximum atomic E-state index is 4.09. The van der Waals surface area contributed by atoms with E-state index in [2.05, 4.69) is 33.9 Å². The van der Waals surface area contributed by atoms with E-state index in [1.54, 1.807) is 0 Å². The summed E-state index contributed by atoms with van der Waals surface area (Å²) in [7, 11) is 0. The third-order valence-corrected chi connectivity index (χ3v) is 2.22. The van der Waals surface area contributed by atoms with E-state index in [1.165, 1.54) is 30.4 Å². The topological polar surface area (TPSA) is 0 Å². The van der Waals surface area contributed by atoms with Gasteiger partial charge >= 0.3 is 0 Å². The fourth-order valence-electron chi connectivity index (χ4n) is 1.28. The summed E-state index contributed by atoms with van der Waals surface area (Å²) in [4.78, 5) is 0. The van der Waals surface area contributed by atoms with Crippen molar-refractivity contribution < 1.29 is 0 Å². The Morgan fingerprint density at radius 2 is 1.92 bits per heavy atom. The second-order valence-corrected chi connectivity index (χ2v) is 3.84. The monoisotopic (exact) mass is 166 g/mol. The maximum absolute atomic E-state index is 4.09. The lowest BCUT2D eigenvalue weighted by atomic mass is 9.92. The Morgan fingerprint density at radius 1 is 1.33 bits per heavy atom. The lowest BCUT2D eigenvalue weighted by Gasteiger charge is -2.13. The van der Waals surface area contributed by atoms with E-state index in [0.717, 1.165) is 6.42 Å². The smallest absolute Gasteiger partial charge is 0.0114 e. The van der Waals surface area contributed by atoms with Crippen LogP contribution < -0.4 is 0 Å². The molecule has 0 nitrogen and oxygen atoms in total. The van der Waals surface area contributed by atoms with E-state index in [-0.39, 0.29) is 0 Å². The zero-order valence-electron chi connectivity index (χ0n) is 8.82. The molecule has 0 aliphatic rings. The van der Waals surface area contributed by atoms with Gasteiger partial charge in [0.2, 0.25) is 0 Å². The molecule has 0 fully saturated rings. The first-order valence-electron chi connectivity index (χ1n) is 4.90. The molecular formula is C12H22. The van der Waals surface area contributed by atoms with Crippen molar-refractivity contribution in [2.24, 2.45) is 5.92 Å². The van der Waals surface area contributed by atoms with Crippen LogP contribution in [-0.2, 0) is 0 Å². The summed E-state index contributed by atoms with van der Waals surface area (Å²) < 4.78 is 0. The molecule has 0 rings (SSSR count). The Balaban J connectivity index is 3.69. The number of allylic oxidation sites excluding steroid dienone is 2. The third-order valence-electron chi connectivity index (χ3n) is 2.22. The van der Waals surface area contributed by atoms with Crippen molar-refractivity contribution in [1.29, 1.82) is 0 Å². The van der Waals surface area contributed by atoms with Crippen molar-refractivity contribution in [3.05, 3.63) is 24.3 Å². The number of hydrogen-bond donors (Lipinski definition) is 0. The highest BCUT2D eigenvalue weighted by molar-refractivity contribution is 5.09. The fraction of sp³-hybridized carbons (Fsp3) is 0.667. The lowest BCUT2D eigenvalue weighted by Crippen LogP contribution is -1.98. The Bertz CT molecular complexity index is 153. The van der Waals surface area contributed by atoms with E-state index in [0.29, 0.717) is 5.92 Å². The molecule has 0 radical (unpaired) electrons. The molecule has 0 bridgehead atoms. The summed E-state index contributed by atoms with van der Waals surface area (Å²) in [5.74, 6) is 0.668. The summed E-state index contributed by atoms with van der Waals surface area (Å²) in [5.41, 5.74) is 2.57. The molecule has 0 aromatic rings. The number of hydrogen-bond acceptors (Lipinski definition) is 0. The van der Waals surface area contributed by atoms with E-state index in [9.17, 15) is 0 Å². The van der Waals surface area contributed by atoms with Crippen LogP contribution in [0.25, 0.3) is 0 Å². The fourth-order valence-corrected chi connectivity index (χ4v) is 1.28. The van der Waals surface area contributed by atoms with Gasteiger partial charge < -0.3 is 0 Å². The van der Waals surface area contributed by atoms with Gasteiger partial charge in [-0.1, -0.05) is 51.0 Å². The van der Waals surface area contributed by atoms with Gasteiger partial charge in [-0.25, -0.2) is 0 Å². The van der Waals surface area contributed by atoms with Gasteiger partial charge in [0.1, 0.15) is 0 Å². The minimum absolute atomic E-state index is 0.668. The summed E-state index contributed by atoms with van der Waals surface area (Å²) >= 11 is 0. The average molecular weight is 166 g/mol. The van der Waals surface area contributed by atoms with E-state index >= 15 is 0 Å². The maximum Gasteiger partial charge on any atom is -0.0114 e. The molecule has 0 amide bonds. The quantitative estimate of drug-likeness (QED) is 0.515. The molecule has 0 saturated heterocycles. The number of rotatable bonds is 6. The average Bonchev–Trinajstić information content (AvgIpc) is 1.98. The highest BCUT2D eigenvalue weighted by Gasteiger charge is 2.05. The molecule has 0 N–H and O–H groups in total. The normalized spacial score (nSPS) is 12.6. The van der Waals surface area contributed by atoms with Crippen molar-refractivity contribution in [3.8, 4) is 0 Å². The first-order chi connectivity index (χ1) is 5.57. The molecule has 1 atom stereocenters. The molecule has 0 aromatic heterocycles. The van der Waals surface area contributed by atoms with Gasteiger partial charge in [-0.15, -0.1) is 0 Å². The van der Waals surface area contributed by atoms with E-state index < -0.39 is 0 Å². The van der Waals surface area contributed by atoms with Crippen molar-refractivity contribution in [2.45, 2.75) is 46.5 Å². The second kappa shape index (κ2) is 6.05. The minimum atomic E-state index is 0.668. The molecule has 1 unspecified atom stereocenters. The standard InChI is InChI=1S/C12H22/c1-6-7-8-11(4)12(5)9-10(2)3/h11H,2,5-9H2,1,3-4H3. The van der Waals surface area contributed by atoms with Gasteiger partial charge in [0.15, 0.2) is 0 Å². The molecule has 0 aliphatic carbocycles. The van der Waals surface area contributed by atoms with Crippen molar-refractivity contribution in [1.82, 2.24) is 0 Å². The van der Waals surface area contributed by atoms with Crippen LogP contribution in [0, 0.1) is 5.92 Å². The zero-order valence-corrected chi connectivity index (χ0v) is 8.82. The molecule has 0 saturated carbocycles. The lowest BCUT2D eigenvalue weighted by molar-refractivity contribution is 0.563. The van der Waals surface area contributed by atoms with Gasteiger partial charge in [-0.05, 0) is 25.7 Å².